The summed E-state index contributed by atoms with van der Waals surface area (Å²) in [6, 6.07) is 10.2. The summed E-state index contributed by atoms with van der Waals surface area (Å²) in [5.41, 5.74) is 1.69. The van der Waals surface area contributed by atoms with Crippen molar-refractivity contribution in [2.75, 3.05) is 19.7 Å². The van der Waals surface area contributed by atoms with Crippen molar-refractivity contribution >= 4 is 18.1 Å². The number of benzene rings is 1. The summed E-state index contributed by atoms with van der Waals surface area (Å²) in [7, 11) is 0. The summed E-state index contributed by atoms with van der Waals surface area (Å²) in [5, 5.41) is 15.7. The number of aryl methyl sites for hydroxylation is 1. The van der Waals surface area contributed by atoms with E-state index in [1.807, 2.05) is 18.2 Å². The Morgan fingerprint density at radius 1 is 1.15 bits per heavy atom. The number of hydrogen-bond donors (Lipinski definition) is 0. The van der Waals surface area contributed by atoms with E-state index in [9.17, 15) is 4.91 Å². The van der Waals surface area contributed by atoms with Crippen molar-refractivity contribution in [3.8, 4) is 17.6 Å². The Bertz CT molecular complexity index is 1020. The third-order valence-electron chi connectivity index (χ3n) is 6.77. The Balaban J connectivity index is 1.28. The zero-order valence-corrected chi connectivity index (χ0v) is 20.4. The van der Waals surface area contributed by atoms with Crippen molar-refractivity contribution in [3.05, 3.63) is 50.1 Å². The summed E-state index contributed by atoms with van der Waals surface area (Å²) in [6.07, 6.45) is 7.85. The number of thiophene rings is 1. The van der Waals surface area contributed by atoms with Gasteiger partial charge in [0.25, 0.3) is 0 Å². The molecule has 0 spiro atoms. The highest BCUT2D eigenvalue weighted by Crippen LogP contribution is 2.37. The first-order chi connectivity index (χ1) is 16.7. The van der Waals surface area contributed by atoms with Crippen LogP contribution in [0.1, 0.15) is 59.4 Å². The molecule has 1 aromatic carbocycles. The van der Waals surface area contributed by atoms with Gasteiger partial charge in [-0.05, 0) is 87.2 Å². The largest absolute Gasteiger partial charge is 0.493 e. The molecular weight excluding hydrogens is 448 g/mol. The van der Waals surface area contributed by atoms with Crippen molar-refractivity contribution in [3.63, 3.8) is 0 Å². The Morgan fingerprint density at radius 3 is 2.65 bits per heavy atom. The lowest BCUT2D eigenvalue weighted by atomic mass is 9.90. The van der Waals surface area contributed by atoms with Crippen LogP contribution in [0, 0.1) is 28.1 Å². The quantitative estimate of drug-likeness (QED) is 0.202. The number of likely N-dealkylation sites (tertiary alicyclic amines) is 1. The van der Waals surface area contributed by atoms with Gasteiger partial charge in [-0.2, -0.15) is 10.2 Å². The van der Waals surface area contributed by atoms with Gasteiger partial charge in [-0.1, -0.05) is 22.8 Å². The molecule has 2 heterocycles. The SMILES string of the molecule is C=NOc1c(CCCC2CCN(Cc3ccc(C#N)s3)CC2)ccc(OCC2CC2)c1CN=O. The molecule has 0 amide bonds. The first kappa shape index (κ1) is 24.4. The molecule has 2 aliphatic rings. The summed E-state index contributed by atoms with van der Waals surface area (Å²) in [6.45, 7) is 7.27. The van der Waals surface area contributed by atoms with E-state index >= 15 is 0 Å². The molecule has 180 valence electrons. The summed E-state index contributed by atoms with van der Waals surface area (Å²) in [5.74, 6) is 2.57. The lowest BCUT2D eigenvalue weighted by molar-refractivity contribution is 0.172. The molecule has 8 heteroatoms. The highest BCUT2D eigenvalue weighted by atomic mass is 32.1. The van der Waals surface area contributed by atoms with Crippen LogP contribution in [0.2, 0.25) is 0 Å². The van der Waals surface area contributed by atoms with Gasteiger partial charge in [0.15, 0.2) is 5.75 Å². The van der Waals surface area contributed by atoms with E-state index in [4.69, 9.17) is 14.8 Å². The van der Waals surface area contributed by atoms with Gasteiger partial charge in [-0.25, -0.2) is 0 Å². The molecule has 1 aromatic heterocycles. The molecule has 1 saturated heterocycles. The topological polar surface area (TPSA) is 87.3 Å². The number of oxime groups is 1. The van der Waals surface area contributed by atoms with E-state index in [1.54, 1.807) is 11.3 Å². The minimum atomic E-state index is -0.00272. The second kappa shape index (κ2) is 12.1. The Morgan fingerprint density at radius 2 is 1.97 bits per heavy atom. The number of nitroso groups, excluding NO2 is 1. The molecule has 2 fully saturated rings. The second-order valence-electron chi connectivity index (χ2n) is 9.28. The molecule has 4 rings (SSSR count). The maximum Gasteiger partial charge on any atom is 0.170 e. The van der Waals surface area contributed by atoms with Crippen molar-refractivity contribution in [2.45, 2.75) is 58.0 Å². The van der Waals surface area contributed by atoms with Crippen molar-refractivity contribution in [1.82, 2.24) is 4.90 Å². The van der Waals surface area contributed by atoms with Crippen LogP contribution in [0.3, 0.4) is 0 Å². The number of rotatable bonds is 13. The fourth-order valence-corrected chi connectivity index (χ4v) is 5.48. The van der Waals surface area contributed by atoms with E-state index in [-0.39, 0.29) is 6.54 Å². The van der Waals surface area contributed by atoms with E-state index < -0.39 is 0 Å². The van der Waals surface area contributed by atoms with Crippen molar-refractivity contribution in [2.24, 2.45) is 22.2 Å². The smallest absolute Gasteiger partial charge is 0.170 e. The number of piperidine rings is 1. The van der Waals surface area contributed by atoms with Gasteiger partial charge in [0, 0.05) is 18.1 Å². The minimum Gasteiger partial charge on any atom is -0.493 e. The molecule has 0 radical (unpaired) electrons. The molecule has 1 aliphatic heterocycles. The molecule has 1 saturated carbocycles. The zero-order chi connectivity index (χ0) is 23.8. The third kappa shape index (κ3) is 6.64. The predicted octanol–water partition coefficient (Wildman–Crippen LogP) is 5.90. The van der Waals surface area contributed by atoms with Crippen LogP contribution in [0.4, 0.5) is 0 Å². The van der Waals surface area contributed by atoms with Gasteiger partial charge >= 0.3 is 0 Å². The molecule has 7 nitrogen and oxygen atoms in total. The van der Waals surface area contributed by atoms with Crippen LogP contribution in [0.15, 0.2) is 34.6 Å². The molecule has 2 aromatic rings. The van der Waals surface area contributed by atoms with E-state index in [0.717, 1.165) is 49.3 Å². The van der Waals surface area contributed by atoms with Crippen molar-refractivity contribution in [1.29, 1.82) is 5.26 Å². The average Bonchev–Trinajstić information content (AvgIpc) is 3.58. The van der Waals surface area contributed by atoms with E-state index in [2.05, 4.69) is 34.1 Å². The number of ether oxygens (including phenoxy) is 1. The second-order valence-corrected chi connectivity index (χ2v) is 10.5. The number of hydrogen-bond acceptors (Lipinski definition) is 8. The lowest BCUT2D eigenvalue weighted by Gasteiger charge is -2.31. The monoisotopic (exact) mass is 480 g/mol. The van der Waals surface area contributed by atoms with Crippen LogP contribution >= 0.6 is 11.3 Å². The van der Waals surface area contributed by atoms with E-state index in [1.165, 1.54) is 30.6 Å². The van der Waals surface area contributed by atoms with Gasteiger partial charge in [0.1, 0.15) is 23.2 Å². The Labute approximate surface area is 205 Å². The number of nitriles is 1. The Hall–Kier alpha value is -2.76. The third-order valence-corrected chi connectivity index (χ3v) is 7.74. The van der Waals surface area contributed by atoms with Gasteiger partial charge in [0.05, 0.1) is 12.2 Å². The van der Waals surface area contributed by atoms with Crippen LogP contribution in [-0.4, -0.2) is 31.3 Å². The first-order valence-electron chi connectivity index (χ1n) is 12.1. The standard InChI is InChI=1S/C26H32N4O3S/c1-28-33-26-21(7-10-25(24(26)16-29-31)32-18-20-5-6-20)4-2-3-19-11-13-30(14-12-19)17-23-9-8-22(15-27)34-23/h7-10,19-20H,1-6,11-14,16-18H2. The van der Waals surface area contributed by atoms with Crippen molar-refractivity contribution < 1.29 is 9.57 Å². The fourth-order valence-electron chi connectivity index (χ4n) is 4.63. The maximum absolute atomic E-state index is 11.1. The van der Waals surface area contributed by atoms with Crippen LogP contribution in [0.25, 0.3) is 0 Å². The zero-order valence-electron chi connectivity index (χ0n) is 19.6. The summed E-state index contributed by atoms with van der Waals surface area (Å²) >= 11 is 1.60. The van der Waals surface area contributed by atoms with Gasteiger partial charge in [-0.15, -0.1) is 11.3 Å². The van der Waals surface area contributed by atoms with Gasteiger partial charge < -0.3 is 9.57 Å². The molecule has 1 aliphatic carbocycles. The summed E-state index contributed by atoms with van der Waals surface area (Å²) < 4.78 is 5.95. The Kier molecular flexibility index (Phi) is 8.67. The molecule has 34 heavy (non-hydrogen) atoms. The molecule has 0 N–H and O–H groups in total. The van der Waals surface area contributed by atoms with Crippen LogP contribution < -0.4 is 9.57 Å². The van der Waals surface area contributed by atoms with Gasteiger partial charge in [0.2, 0.25) is 0 Å². The lowest BCUT2D eigenvalue weighted by Crippen LogP contribution is -2.33. The van der Waals surface area contributed by atoms with Crippen LogP contribution in [0.5, 0.6) is 11.5 Å². The van der Waals surface area contributed by atoms with E-state index in [0.29, 0.717) is 35.5 Å². The van der Waals surface area contributed by atoms with Gasteiger partial charge in [-0.3, -0.25) is 4.90 Å². The molecule has 0 bridgehead atoms. The summed E-state index contributed by atoms with van der Waals surface area (Å²) in [4.78, 5) is 21.2. The maximum atomic E-state index is 11.1. The number of nitrogens with zero attached hydrogens (tertiary/aromatic N) is 4. The highest BCUT2D eigenvalue weighted by molar-refractivity contribution is 7.12. The first-order valence-corrected chi connectivity index (χ1v) is 12.9. The predicted molar refractivity (Wildman–Crippen MR) is 134 cm³/mol. The normalized spacial score (nSPS) is 16.7. The molecular formula is C26H32N4O3S. The minimum absolute atomic E-state index is 0.00272. The fraction of sp³-hybridized carbons (Fsp3) is 0.538. The molecule has 0 atom stereocenters. The average molecular weight is 481 g/mol. The van der Waals surface area contributed by atoms with Crippen LogP contribution in [-0.2, 0) is 19.5 Å². The molecule has 0 unspecified atom stereocenters. The highest BCUT2D eigenvalue weighted by Gasteiger charge is 2.24.